The number of nitrogens with zero attached hydrogens (tertiary/aromatic N) is 1. The number of guanidine groups is 1. The van der Waals surface area contributed by atoms with E-state index in [4.69, 9.17) is 22.4 Å². The van der Waals surface area contributed by atoms with Crippen LogP contribution in [0.1, 0.15) is 24.8 Å². The summed E-state index contributed by atoms with van der Waals surface area (Å²) in [6, 6.07) is 4.84. The topological polar surface area (TPSA) is 189 Å². The Labute approximate surface area is 151 Å². The lowest BCUT2D eigenvalue weighted by Gasteiger charge is -2.18. The maximum atomic E-state index is 12.1. The molecule has 10 nitrogen and oxygen atoms in total. The van der Waals surface area contributed by atoms with E-state index in [-0.39, 0.29) is 24.6 Å². The number of rotatable bonds is 11. The molecule has 26 heavy (non-hydrogen) atoms. The monoisotopic (exact) mass is 366 g/mol. The number of aliphatic imine (C=N–C) groups is 1. The van der Waals surface area contributed by atoms with Crippen LogP contribution in [0.25, 0.3) is 0 Å². The summed E-state index contributed by atoms with van der Waals surface area (Å²) in [5, 5.41) is 21.0. The van der Waals surface area contributed by atoms with Gasteiger partial charge in [0.15, 0.2) is 5.96 Å². The van der Waals surface area contributed by atoms with Gasteiger partial charge in [0.05, 0.1) is 0 Å². The highest BCUT2D eigenvalue weighted by Gasteiger charge is 2.21. The van der Waals surface area contributed by atoms with Crippen molar-refractivity contribution in [2.45, 2.75) is 37.8 Å². The van der Waals surface area contributed by atoms with E-state index in [1.165, 1.54) is 12.1 Å². The third-order valence-corrected chi connectivity index (χ3v) is 3.67. The van der Waals surface area contributed by atoms with E-state index in [2.05, 4.69) is 15.8 Å². The molecule has 10 heteroatoms. The number of primary amides is 1. The third-order valence-electron chi connectivity index (χ3n) is 3.67. The summed E-state index contributed by atoms with van der Waals surface area (Å²) in [6.45, 7) is 0.382. The van der Waals surface area contributed by atoms with Crippen molar-refractivity contribution in [3.8, 4) is 5.75 Å². The minimum atomic E-state index is -0.895. The molecule has 1 unspecified atom stereocenters. The quantitative estimate of drug-likeness (QED) is 0.109. The van der Waals surface area contributed by atoms with Gasteiger partial charge in [0, 0.05) is 25.4 Å². The standard InChI is InChI=1S/C16H26N6O4/c17-15(25)13(8-10-3-5-12(23)6-4-10)21-14(24)9-11(22-26)2-1-7-20-16(18)19/h3-6,11,13,22-23,26H,1-2,7-9H2,(H2,17,25)(H,21,24)(H4,18,19,20)/t11?,13-/m0/s1. The molecule has 0 bridgehead atoms. The second kappa shape index (κ2) is 10.9. The van der Waals surface area contributed by atoms with E-state index in [1.54, 1.807) is 12.1 Å². The lowest BCUT2D eigenvalue weighted by Crippen LogP contribution is -2.47. The Bertz CT molecular complexity index is 616. The van der Waals surface area contributed by atoms with Crippen LogP contribution >= 0.6 is 0 Å². The first-order chi connectivity index (χ1) is 12.3. The van der Waals surface area contributed by atoms with Crippen molar-refractivity contribution in [1.29, 1.82) is 0 Å². The number of aromatic hydroxyl groups is 1. The van der Waals surface area contributed by atoms with E-state index in [9.17, 15) is 14.7 Å². The second-order valence-corrected chi connectivity index (χ2v) is 5.87. The summed E-state index contributed by atoms with van der Waals surface area (Å²) >= 11 is 0. The minimum Gasteiger partial charge on any atom is -0.508 e. The molecule has 1 aromatic rings. The van der Waals surface area contributed by atoms with Crippen LogP contribution in [-0.2, 0) is 16.0 Å². The highest BCUT2D eigenvalue weighted by molar-refractivity contribution is 5.87. The summed E-state index contributed by atoms with van der Waals surface area (Å²) in [6.07, 6.45) is 1.18. The van der Waals surface area contributed by atoms with Crippen LogP contribution in [0, 0.1) is 0 Å². The van der Waals surface area contributed by atoms with Crippen molar-refractivity contribution >= 4 is 17.8 Å². The third kappa shape index (κ3) is 8.31. The van der Waals surface area contributed by atoms with Gasteiger partial charge in [-0.15, -0.1) is 0 Å². The Hall–Kier alpha value is -2.85. The maximum absolute atomic E-state index is 12.1. The Morgan fingerprint density at radius 2 is 1.81 bits per heavy atom. The molecule has 2 amide bonds. The van der Waals surface area contributed by atoms with Gasteiger partial charge in [-0.3, -0.25) is 14.6 Å². The Balaban J connectivity index is 2.53. The van der Waals surface area contributed by atoms with E-state index in [1.807, 2.05) is 0 Å². The molecule has 0 spiro atoms. The van der Waals surface area contributed by atoms with Crippen molar-refractivity contribution in [2.24, 2.45) is 22.2 Å². The molecule has 0 aliphatic heterocycles. The van der Waals surface area contributed by atoms with Gasteiger partial charge in [-0.1, -0.05) is 12.1 Å². The number of phenols is 1. The van der Waals surface area contributed by atoms with Crippen LogP contribution < -0.4 is 28.0 Å². The molecule has 0 radical (unpaired) electrons. The second-order valence-electron chi connectivity index (χ2n) is 5.87. The van der Waals surface area contributed by atoms with E-state index in [0.717, 1.165) is 5.56 Å². The van der Waals surface area contributed by atoms with Gasteiger partial charge in [0.25, 0.3) is 0 Å². The molecular formula is C16H26N6O4. The lowest BCUT2D eigenvalue weighted by molar-refractivity contribution is -0.128. The van der Waals surface area contributed by atoms with Crippen LogP contribution in [0.5, 0.6) is 5.75 Å². The number of amides is 2. The van der Waals surface area contributed by atoms with Crippen LogP contribution in [0.2, 0.25) is 0 Å². The molecule has 0 saturated carbocycles. The van der Waals surface area contributed by atoms with Gasteiger partial charge in [0.1, 0.15) is 11.8 Å². The van der Waals surface area contributed by atoms with Gasteiger partial charge >= 0.3 is 0 Å². The number of nitrogens with two attached hydrogens (primary N) is 3. The van der Waals surface area contributed by atoms with E-state index >= 15 is 0 Å². The van der Waals surface area contributed by atoms with E-state index < -0.39 is 23.9 Å². The van der Waals surface area contributed by atoms with Gasteiger partial charge in [-0.05, 0) is 30.5 Å². The smallest absolute Gasteiger partial charge is 0.240 e. The molecule has 10 N–H and O–H groups in total. The predicted octanol–water partition coefficient (Wildman–Crippen LogP) is -1.30. The maximum Gasteiger partial charge on any atom is 0.240 e. The number of benzene rings is 1. The fraction of sp³-hybridized carbons (Fsp3) is 0.438. The Morgan fingerprint density at radius 3 is 2.35 bits per heavy atom. The highest BCUT2D eigenvalue weighted by Crippen LogP contribution is 2.11. The number of carbonyl (C=O) groups is 2. The fourth-order valence-electron chi connectivity index (χ4n) is 2.33. The molecule has 0 aromatic heterocycles. The van der Waals surface area contributed by atoms with Gasteiger partial charge in [-0.25, -0.2) is 5.48 Å². The van der Waals surface area contributed by atoms with Crippen LogP contribution in [0.4, 0.5) is 0 Å². The number of hydroxylamine groups is 1. The lowest BCUT2D eigenvalue weighted by atomic mass is 10.0. The van der Waals surface area contributed by atoms with Crippen molar-refractivity contribution in [3.05, 3.63) is 29.8 Å². The fourth-order valence-corrected chi connectivity index (χ4v) is 2.33. The number of nitrogens with one attached hydrogen (secondary N) is 2. The zero-order valence-corrected chi connectivity index (χ0v) is 14.4. The minimum absolute atomic E-state index is 0.0187. The summed E-state index contributed by atoms with van der Waals surface area (Å²) < 4.78 is 0. The van der Waals surface area contributed by atoms with Crippen molar-refractivity contribution in [3.63, 3.8) is 0 Å². The molecule has 0 fully saturated rings. The zero-order valence-electron chi connectivity index (χ0n) is 14.4. The molecule has 1 rings (SSSR count). The normalized spacial score (nSPS) is 12.8. The van der Waals surface area contributed by atoms with Crippen molar-refractivity contribution in [2.75, 3.05) is 6.54 Å². The molecule has 0 aliphatic carbocycles. The Morgan fingerprint density at radius 1 is 1.15 bits per heavy atom. The molecular weight excluding hydrogens is 340 g/mol. The van der Waals surface area contributed by atoms with Crippen molar-refractivity contribution in [1.82, 2.24) is 10.8 Å². The van der Waals surface area contributed by atoms with Crippen molar-refractivity contribution < 1.29 is 19.9 Å². The zero-order chi connectivity index (χ0) is 19.5. The number of hydrogen-bond acceptors (Lipinski definition) is 6. The SMILES string of the molecule is NC(=O)[C@H](Cc1ccc(O)cc1)NC(=O)CC(CCCN=C(N)N)NO. The summed E-state index contributed by atoms with van der Waals surface area (Å²) in [7, 11) is 0. The summed E-state index contributed by atoms with van der Waals surface area (Å²) in [5.74, 6) is -1.02. The van der Waals surface area contributed by atoms with Crippen LogP contribution in [0.3, 0.4) is 0 Å². The first kappa shape index (κ1) is 21.2. The average Bonchev–Trinajstić information content (AvgIpc) is 2.58. The molecule has 0 heterocycles. The molecule has 1 aromatic carbocycles. The first-order valence-electron chi connectivity index (χ1n) is 8.13. The number of phenolic OH excluding ortho intramolecular Hbond substituents is 1. The van der Waals surface area contributed by atoms with Gasteiger partial charge < -0.3 is 32.8 Å². The van der Waals surface area contributed by atoms with Crippen LogP contribution in [0.15, 0.2) is 29.3 Å². The average molecular weight is 366 g/mol. The first-order valence-corrected chi connectivity index (χ1v) is 8.13. The molecule has 2 atom stereocenters. The van der Waals surface area contributed by atoms with Gasteiger partial charge in [0.2, 0.25) is 11.8 Å². The Kier molecular flexibility index (Phi) is 8.88. The number of carbonyl (C=O) groups excluding carboxylic acids is 2. The number of hydrogen-bond donors (Lipinski definition) is 7. The van der Waals surface area contributed by atoms with Crippen LogP contribution in [-0.4, -0.2) is 46.7 Å². The summed E-state index contributed by atoms with van der Waals surface area (Å²) in [4.78, 5) is 27.5. The molecule has 0 aliphatic rings. The highest BCUT2D eigenvalue weighted by atomic mass is 16.5. The molecule has 0 saturated heterocycles. The largest absolute Gasteiger partial charge is 0.508 e. The van der Waals surface area contributed by atoms with E-state index in [0.29, 0.717) is 19.4 Å². The predicted molar refractivity (Wildman–Crippen MR) is 96.2 cm³/mol. The van der Waals surface area contributed by atoms with Gasteiger partial charge in [-0.2, -0.15) is 0 Å². The summed E-state index contributed by atoms with van der Waals surface area (Å²) in [5.41, 5.74) is 18.6. The molecule has 144 valence electrons.